The minimum absolute atomic E-state index is 0.129. The van der Waals surface area contributed by atoms with Crippen LogP contribution in [0.15, 0.2) is 59.6 Å². The van der Waals surface area contributed by atoms with Gasteiger partial charge in [0, 0.05) is 0 Å². The molecule has 2 heterocycles. The number of halogens is 2. The first-order valence-electron chi connectivity index (χ1n) is 9.41. The zero-order valence-electron chi connectivity index (χ0n) is 16.6. The van der Waals surface area contributed by atoms with E-state index in [4.69, 9.17) is 33.3 Å². The Kier molecular flexibility index (Phi) is 6.69. The topological polar surface area (TPSA) is 64.5 Å². The van der Waals surface area contributed by atoms with E-state index in [0.29, 0.717) is 32.8 Å². The van der Waals surface area contributed by atoms with Gasteiger partial charge in [-0.2, -0.15) is 9.37 Å². The van der Waals surface area contributed by atoms with Crippen molar-refractivity contribution in [3.05, 3.63) is 76.3 Å². The third-order valence-corrected chi connectivity index (χ3v) is 5.74. The summed E-state index contributed by atoms with van der Waals surface area (Å²) in [5.41, 5.74) is 1.34. The first-order chi connectivity index (χ1) is 15.4. The molecule has 1 aliphatic rings. The Morgan fingerprint density at radius 1 is 1.22 bits per heavy atom. The van der Waals surface area contributed by atoms with Gasteiger partial charge in [0.15, 0.2) is 4.32 Å². The Hall–Kier alpha value is -3.01. The van der Waals surface area contributed by atoms with Gasteiger partial charge in [-0.05, 0) is 66.6 Å². The summed E-state index contributed by atoms with van der Waals surface area (Å²) in [6.45, 7) is 2.46. The third-order valence-electron chi connectivity index (χ3n) is 4.25. The molecular formula is C22H15ClFN3O3S2. The number of benzene rings is 2. The number of hydrogen-bond donors (Lipinski definition) is 0. The molecule has 162 valence electrons. The van der Waals surface area contributed by atoms with Crippen molar-refractivity contribution in [3.8, 4) is 17.4 Å². The second kappa shape index (κ2) is 9.64. The van der Waals surface area contributed by atoms with Crippen LogP contribution in [-0.2, 0) is 4.79 Å². The zero-order chi connectivity index (χ0) is 22.7. The molecule has 10 heteroatoms. The molecule has 1 fully saturated rings. The van der Waals surface area contributed by atoms with Gasteiger partial charge in [-0.15, -0.1) is 0 Å². The molecule has 0 atom stereocenters. The van der Waals surface area contributed by atoms with Gasteiger partial charge in [0.1, 0.15) is 11.5 Å². The fourth-order valence-corrected chi connectivity index (χ4v) is 4.31. The Morgan fingerprint density at radius 3 is 2.75 bits per heavy atom. The summed E-state index contributed by atoms with van der Waals surface area (Å²) >= 11 is 12.3. The highest BCUT2D eigenvalue weighted by Gasteiger charge is 2.33. The average molecular weight is 488 g/mol. The third kappa shape index (κ3) is 4.90. The first-order valence-corrected chi connectivity index (χ1v) is 11.0. The van der Waals surface area contributed by atoms with Gasteiger partial charge in [-0.25, -0.2) is 4.98 Å². The van der Waals surface area contributed by atoms with Gasteiger partial charge in [0.2, 0.25) is 11.1 Å². The van der Waals surface area contributed by atoms with E-state index < -0.39 is 5.82 Å². The van der Waals surface area contributed by atoms with E-state index in [1.807, 2.05) is 6.92 Å². The lowest BCUT2D eigenvalue weighted by atomic mass is 10.2. The summed E-state index contributed by atoms with van der Waals surface area (Å²) in [6, 6.07) is 14.0. The van der Waals surface area contributed by atoms with Crippen LogP contribution in [0.25, 0.3) is 6.08 Å². The van der Waals surface area contributed by atoms with Crippen LogP contribution in [0, 0.1) is 5.82 Å². The maximum Gasteiger partial charge on any atom is 0.270 e. The predicted molar refractivity (Wildman–Crippen MR) is 127 cm³/mol. The van der Waals surface area contributed by atoms with Crippen LogP contribution in [0.5, 0.6) is 17.4 Å². The molecule has 0 radical (unpaired) electrons. The highest BCUT2D eigenvalue weighted by Crippen LogP contribution is 2.37. The molecule has 0 bridgehead atoms. The van der Waals surface area contributed by atoms with Gasteiger partial charge >= 0.3 is 0 Å². The van der Waals surface area contributed by atoms with Crippen LogP contribution in [0.4, 0.5) is 10.1 Å². The molecule has 0 aliphatic carbocycles. The highest BCUT2D eigenvalue weighted by molar-refractivity contribution is 8.27. The summed E-state index contributed by atoms with van der Waals surface area (Å²) in [5, 5.41) is -0.129. The fourth-order valence-electron chi connectivity index (χ4n) is 2.88. The van der Waals surface area contributed by atoms with Gasteiger partial charge in [-0.1, -0.05) is 36.1 Å². The molecule has 6 nitrogen and oxygen atoms in total. The van der Waals surface area contributed by atoms with E-state index in [2.05, 4.69) is 9.97 Å². The Morgan fingerprint density at radius 2 is 2.00 bits per heavy atom. The largest absolute Gasteiger partial charge is 0.494 e. The number of thiocarbonyl (C=S) groups is 1. The monoisotopic (exact) mass is 487 g/mol. The summed E-state index contributed by atoms with van der Waals surface area (Å²) in [5.74, 6) is -0.214. The van der Waals surface area contributed by atoms with E-state index in [9.17, 15) is 9.18 Å². The molecular weight excluding hydrogens is 473 g/mol. The van der Waals surface area contributed by atoms with E-state index in [-0.39, 0.29) is 17.1 Å². The number of carbonyl (C=O) groups is 1. The van der Waals surface area contributed by atoms with Crippen molar-refractivity contribution in [3.63, 3.8) is 0 Å². The van der Waals surface area contributed by atoms with Gasteiger partial charge in [0.05, 0.1) is 23.4 Å². The second-order valence-electron chi connectivity index (χ2n) is 6.41. The van der Waals surface area contributed by atoms with Gasteiger partial charge < -0.3 is 9.47 Å². The number of nitrogens with zero attached hydrogens (tertiary/aromatic N) is 3. The van der Waals surface area contributed by atoms with Crippen molar-refractivity contribution in [2.24, 2.45) is 0 Å². The second-order valence-corrected chi connectivity index (χ2v) is 8.42. The van der Waals surface area contributed by atoms with E-state index >= 15 is 0 Å². The summed E-state index contributed by atoms with van der Waals surface area (Å²) < 4.78 is 25.2. The van der Waals surface area contributed by atoms with Crippen LogP contribution < -0.4 is 14.4 Å². The zero-order valence-corrected chi connectivity index (χ0v) is 19.0. The molecule has 4 rings (SSSR count). The van der Waals surface area contributed by atoms with E-state index in [1.165, 1.54) is 16.7 Å². The van der Waals surface area contributed by atoms with Crippen molar-refractivity contribution >= 4 is 57.6 Å². The molecule has 0 spiro atoms. The molecule has 1 aliphatic heterocycles. The average Bonchev–Trinajstić information content (AvgIpc) is 3.05. The standard InChI is InChI=1S/C22H15ClFN3O3S2/c1-2-29-15-8-6-14(7-9-15)27-20(28)18(32-22(27)31)11-13-4-3-5-16(10-13)30-19-17(24)12-25-21(23)26-19/h3-12H,2H2,1H3/b18-11+. The molecule has 2 aromatic carbocycles. The summed E-state index contributed by atoms with van der Waals surface area (Å²) in [7, 11) is 0. The van der Waals surface area contributed by atoms with E-state index in [0.717, 1.165) is 11.9 Å². The van der Waals surface area contributed by atoms with Crippen molar-refractivity contribution in [1.29, 1.82) is 0 Å². The SMILES string of the molecule is CCOc1ccc(N2C(=O)/C(=C\c3cccc(Oc4nc(Cl)ncc4F)c3)SC2=S)cc1. The van der Waals surface area contributed by atoms with Crippen LogP contribution in [0.3, 0.4) is 0 Å². The van der Waals surface area contributed by atoms with Crippen molar-refractivity contribution < 1.29 is 18.7 Å². The lowest BCUT2D eigenvalue weighted by Crippen LogP contribution is -2.27. The predicted octanol–water partition coefficient (Wildman–Crippen LogP) is 5.87. The number of rotatable bonds is 6. The van der Waals surface area contributed by atoms with Crippen LogP contribution in [-0.4, -0.2) is 26.8 Å². The quantitative estimate of drug-likeness (QED) is 0.245. The number of aromatic nitrogens is 2. The van der Waals surface area contributed by atoms with Gasteiger partial charge in [0.25, 0.3) is 11.8 Å². The summed E-state index contributed by atoms with van der Waals surface area (Å²) in [4.78, 5) is 22.2. The van der Waals surface area contributed by atoms with Crippen LogP contribution in [0.1, 0.15) is 12.5 Å². The Bertz CT molecular complexity index is 1220. The van der Waals surface area contributed by atoms with Gasteiger partial charge in [-0.3, -0.25) is 9.69 Å². The molecule has 3 aromatic rings. The van der Waals surface area contributed by atoms with Crippen LogP contribution in [0.2, 0.25) is 5.28 Å². The highest BCUT2D eigenvalue weighted by atomic mass is 35.5. The lowest BCUT2D eigenvalue weighted by Gasteiger charge is -2.15. The molecule has 1 saturated heterocycles. The number of thioether (sulfide) groups is 1. The molecule has 32 heavy (non-hydrogen) atoms. The number of anilines is 1. The number of ether oxygens (including phenoxy) is 2. The fraction of sp³-hybridized carbons (Fsp3) is 0.0909. The first kappa shape index (κ1) is 22.2. The minimum atomic E-state index is -0.740. The smallest absolute Gasteiger partial charge is 0.270 e. The van der Waals surface area contributed by atoms with Crippen molar-refractivity contribution in [2.45, 2.75) is 6.92 Å². The molecule has 0 saturated carbocycles. The number of carbonyl (C=O) groups excluding carboxylic acids is 1. The molecule has 1 aromatic heterocycles. The lowest BCUT2D eigenvalue weighted by molar-refractivity contribution is -0.113. The minimum Gasteiger partial charge on any atom is -0.494 e. The molecule has 0 unspecified atom stereocenters. The molecule has 0 N–H and O–H groups in total. The maximum absolute atomic E-state index is 13.9. The Balaban J connectivity index is 1.55. The summed E-state index contributed by atoms with van der Waals surface area (Å²) in [6.07, 6.45) is 2.63. The number of amides is 1. The maximum atomic E-state index is 13.9. The van der Waals surface area contributed by atoms with Crippen molar-refractivity contribution in [2.75, 3.05) is 11.5 Å². The Labute approximate surface area is 198 Å². The van der Waals surface area contributed by atoms with Crippen LogP contribution >= 0.6 is 35.6 Å². The molecule has 1 amide bonds. The number of hydrogen-bond acceptors (Lipinski definition) is 7. The van der Waals surface area contributed by atoms with Crippen molar-refractivity contribution in [1.82, 2.24) is 9.97 Å². The van der Waals surface area contributed by atoms with E-state index in [1.54, 1.807) is 54.6 Å². The normalized spacial score (nSPS) is 14.8.